The summed E-state index contributed by atoms with van der Waals surface area (Å²) >= 11 is 0. The summed E-state index contributed by atoms with van der Waals surface area (Å²) in [7, 11) is -3.53. The maximum absolute atomic E-state index is 12.5. The van der Waals surface area contributed by atoms with Crippen LogP contribution in [-0.4, -0.2) is 57.0 Å². The minimum Gasteiger partial charge on any atom is -0.493 e. The standard InChI is InChI=1S/C22H26N4O5S/c1-2-31-20-8-4-3-7-18(20)15-24-25-21(27)16-23-22(28)17-9-11-19(12-10-17)32(29,30)26-13-5-6-14-26/h3-4,7-12,15H,2,5-6,13-14,16H2,1H3,(H,23,28)(H,25,27)/b24-15-. The van der Waals surface area contributed by atoms with E-state index in [4.69, 9.17) is 4.74 Å². The average Bonchev–Trinajstić information content (AvgIpc) is 3.35. The fourth-order valence-corrected chi connectivity index (χ4v) is 4.72. The lowest BCUT2D eigenvalue weighted by Crippen LogP contribution is -2.35. The first-order chi connectivity index (χ1) is 15.4. The average molecular weight is 459 g/mol. The van der Waals surface area contributed by atoms with Gasteiger partial charge in [0.1, 0.15) is 5.75 Å². The van der Waals surface area contributed by atoms with Crippen molar-refractivity contribution in [2.24, 2.45) is 5.10 Å². The van der Waals surface area contributed by atoms with Gasteiger partial charge in [0, 0.05) is 24.2 Å². The van der Waals surface area contributed by atoms with Crippen molar-refractivity contribution < 1.29 is 22.7 Å². The summed E-state index contributed by atoms with van der Waals surface area (Å²) in [5, 5.41) is 6.37. The van der Waals surface area contributed by atoms with E-state index in [0.29, 0.717) is 31.0 Å². The molecule has 2 aromatic carbocycles. The van der Waals surface area contributed by atoms with Gasteiger partial charge in [-0.05, 0) is 56.2 Å². The van der Waals surface area contributed by atoms with Crippen molar-refractivity contribution in [1.82, 2.24) is 15.0 Å². The molecule has 10 heteroatoms. The van der Waals surface area contributed by atoms with Gasteiger partial charge in [-0.2, -0.15) is 9.41 Å². The summed E-state index contributed by atoms with van der Waals surface area (Å²) < 4.78 is 32.0. The van der Waals surface area contributed by atoms with Crippen LogP contribution in [0.5, 0.6) is 5.75 Å². The first kappa shape index (κ1) is 23.4. The fourth-order valence-electron chi connectivity index (χ4n) is 3.21. The molecule has 0 aliphatic carbocycles. The minimum absolute atomic E-state index is 0.148. The number of hydrogen-bond acceptors (Lipinski definition) is 6. The zero-order chi connectivity index (χ0) is 23.0. The van der Waals surface area contributed by atoms with E-state index in [-0.39, 0.29) is 17.0 Å². The highest BCUT2D eigenvalue weighted by Gasteiger charge is 2.27. The van der Waals surface area contributed by atoms with Crippen LogP contribution in [0.3, 0.4) is 0 Å². The van der Waals surface area contributed by atoms with Gasteiger partial charge >= 0.3 is 0 Å². The third kappa shape index (κ3) is 5.92. The molecule has 170 valence electrons. The van der Waals surface area contributed by atoms with Crippen LogP contribution >= 0.6 is 0 Å². The predicted octanol–water partition coefficient (Wildman–Crippen LogP) is 1.75. The molecule has 32 heavy (non-hydrogen) atoms. The molecular weight excluding hydrogens is 432 g/mol. The molecule has 1 aliphatic heterocycles. The number of carbonyl (C=O) groups excluding carboxylic acids is 2. The lowest BCUT2D eigenvalue weighted by Gasteiger charge is -2.15. The molecule has 1 heterocycles. The summed E-state index contributed by atoms with van der Waals surface area (Å²) in [6.45, 7) is 3.13. The van der Waals surface area contributed by atoms with Gasteiger partial charge in [0.25, 0.3) is 11.8 Å². The first-order valence-electron chi connectivity index (χ1n) is 10.3. The molecule has 2 aromatic rings. The van der Waals surface area contributed by atoms with Crippen molar-refractivity contribution in [1.29, 1.82) is 0 Å². The number of hydrazone groups is 1. The molecule has 0 spiro atoms. The molecule has 2 N–H and O–H groups in total. The van der Waals surface area contributed by atoms with Gasteiger partial charge < -0.3 is 10.1 Å². The van der Waals surface area contributed by atoms with Gasteiger partial charge in [-0.15, -0.1) is 0 Å². The molecule has 3 rings (SSSR count). The van der Waals surface area contributed by atoms with E-state index in [9.17, 15) is 18.0 Å². The lowest BCUT2D eigenvalue weighted by atomic mass is 10.2. The maximum Gasteiger partial charge on any atom is 0.259 e. The van der Waals surface area contributed by atoms with Crippen molar-refractivity contribution in [3.63, 3.8) is 0 Å². The van der Waals surface area contributed by atoms with E-state index in [1.165, 1.54) is 34.8 Å². The molecule has 9 nitrogen and oxygen atoms in total. The van der Waals surface area contributed by atoms with Crippen LogP contribution in [0, 0.1) is 0 Å². The van der Waals surface area contributed by atoms with Crippen LogP contribution in [0.4, 0.5) is 0 Å². The number of ether oxygens (including phenoxy) is 1. The Morgan fingerprint density at radius 2 is 1.78 bits per heavy atom. The number of amides is 2. The van der Waals surface area contributed by atoms with Crippen LogP contribution < -0.4 is 15.5 Å². The van der Waals surface area contributed by atoms with Gasteiger partial charge in [-0.3, -0.25) is 9.59 Å². The fraction of sp³-hybridized carbons (Fsp3) is 0.318. The zero-order valence-corrected chi connectivity index (χ0v) is 18.6. The molecule has 1 saturated heterocycles. The Bertz CT molecular complexity index is 1080. The molecule has 1 fully saturated rings. The Balaban J connectivity index is 1.50. The van der Waals surface area contributed by atoms with E-state index in [0.717, 1.165) is 12.8 Å². The summed E-state index contributed by atoms with van der Waals surface area (Å²) in [5.41, 5.74) is 3.31. The third-order valence-electron chi connectivity index (χ3n) is 4.84. The first-order valence-corrected chi connectivity index (χ1v) is 11.8. The highest BCUT2D eigenvalue weighted by Crippen LogP contribution is 2.21. The summed E-state index contributed by atoms with van der Waals surface area (Å²) in [5.74, 6) is -0.343. The summed E-state index contributed by atoms with van der Waals surface area (Å²) in [6, 6.07) is 12.9. The molecule has 0 unspecified atom stereocenters. The predicted molar refractivity (Wildman–Crippen MR) is 120 cm³/mol. The lowest BCUT2D eigenvalue weighted by molar-refractivity contribution is -0.120. The summed E-state index contributed by atoms with van der Waals surface area (Å²) in [4.78, 5) is 24.4. The van der Waals surface area contributed by atoms with Crippen LogP contribution in [0.25, 0.3) is 0 Å². The highest BCUT2D eigenvalue weighted by molar-refractivity contribution is 7.89. The van der Waals surface area contributed by atoms with E-state index in [1.807, 2.05) is 19.1 Å². The number of para-hydroxylation sites is 1. The van der Waals surface area contributed by atoms with Gasteiger partial charge in [0.2, 0.25) is 10.0 Å². The van der Waals surface area contributed by atoms with Gasteiger partial charge in [0.05, 0.1) is 24.3 Å². The second kappa shape index (κ2) is 10.9. The number of nitrogens with one attached hydrogen (secondary N) is 2. The zero-order valence-electron chi connectivity index (χ0n) is 17.8. The largest absolute Gasteiger partial charge is 0.493 e. The van der Waals surface area contributed by atoms with Crippen molar-refractivity contribution in [2.45, 2.75) is 24.7 Å². The smallest absolute Gasteiger partial charge is 0.259 e. The number of nitrogens with zero attached hydrogens (tertiary/aromatic N) is 2. The maximum atomic E-state index is 12.5. The van der Waals surface area contributed by atoms with Gasteiger partial charge in [-0.25, -0.2) is 13.8 Å². The third-order valence-corrected chi connectivity index (χ3v) is 6.75. The Hall–Kier alpha value is -3.24. The van der Waals surface area contributed by atoms with E-state index >= 15 is 0 Å². The monoisotopic (exact) mass is 458 g/mol. The van der Waals surface area contributed by atoms with Gasteiger partial charge in [-0.1, -0.05) is 12.1 Å². The van der Waals surface area contributed by atoms with Crippen LogP contribution in [0.2, 0.25) is 0 Å². The number of rotatable bonds is 9. The Labute approximate surface area is 187 Å². The van der Waals surface area contributed by atoms with Crippen LogP contribution in [0.15, 0.2) is 58.5 Å². The molecule has 0 aromatic heterocycles. The molecular formula is C22H26N4O5S. The molecule has 0 saturated carbocycles. The molecule has 1 aliphatic rings. The Morgan fingerprint density at radius 1 is 1.09 bits per heavy atom. The Kier molecular flexibility index (Phi) is 7.96. The van der Waals surface area contributed by atoms with Crippen molar-refractivity contribution >= 4 is 28.1 Å². The van der Waals surface area contributed by atoms with Crippen LogP contribution in [-0.2, 0) is 14.8 Å². The molecule has 0 radical (unpaired) electrons. The number of benzene rings is 2. The second-order valence-electron chi connectivity index (χ2n) is 7.08. The molecule has 0 atom stereocenters. The van der Waals surface area contributed by atoms with Crippen molar-refractivity contribution in [3.8, 4) is 5.75 Å². The van der Waals surface area contributed by atoms with Crippen molar-refractivity contribution in [2.75, 3.05) is 26.2 Å². The normalized spacial score (nSPS) is 14.4. The summed E-state index contributed by atoms with van der Waals surface area (Å²) in [6.07, 6.45) is 3.17. The number of carbonyl (C=O) groups is 2. The number of sulfonamides is 1. The quantitative estimate of drug-likeness (QED) is 0.439. The SMILES string of the molecule is CCOc1ccccc1/C=N\NC(=O)CNC(=O)c1ccc(S(=O)(=O)N2CCCC2)cc1. The van der Waals surface area contributed by atoms with Crippen molar-refractivity contribution in [3.05, 3.63) is 59.7 Å². The molecule has 2 amide bonds. The Morgan fingerprint density at radius 3 is 2.47 bits per heavy atom. The molecule has 0 bridgehead atoms. The van der Waals surface area contributed by atoms with E-state index in [1.54, 1.807) is 12.1 Å². The van der Waals surface area contributed by atoms with E-state index < -0.39 is 21.8 Å². The second-order valence-corrected chi connectivity index (χ2v) is 9.02. The van der Waals surface area contributed by atoms with Gasteiger partial charge in [0.15, 0.2) is 0 Å². The van der Waals surface area contributed by atoms with E-state index in [2.05, 4.69) is 15.8 Å². The number of hydrogen-bond donors (Lipinski definition) is 2. The van der Waals surface area contributed by atoms with Crippen LogP contribution in [0.1, 0.15) is 35.7 Å². The minimum atomic E-state index is -3.53. The topological polar surface area (TPSA) is 117 Å². The highest BCUT2D eigenvalue weighted by atomic mass is 32.2.